The Hall–Kier alpha value is -4.33. The van der Waals surface area contributed by atoms with Gasteiger partial charge in [0.2, 0.25) is 11.9 Å². The molecule has 0 bridgehead atoms. The van der Waals surface area contributed by atoms with Crippen molar-refractivity contribution in [2.75, 3.05) is 24.4 Å². The van der Waals surface area contributed by atoms with Crippen molar-refractivity contribution < 1.29 is 31.6 Å². The maximum absolute atomic E-state index is 14.9. The molecular formula is C27H27F4N7O3. The summed E-state index contributed by atoms with van der Waals surface area (Å²) in [6.07, 6.45) is 0.531. The number of nitrogens with zero attached hydrogens (tertiary/aromatic N) is 5. The normalized spacial score (nSPS) is 14.2. The number of anilines is 3. The maximum Gasteiger partial charge on any atom is 0.401 e. The number of ether oxygens (including phenoxy) is 1. The molecular weight excluding hydrogens is 546 g/mol. The predicted octanol–water partition coefficient (Wildman–Crippen LogP) is 5.19. The molecule has 1 aromatic carbocycles. The van der Waals surface area contributed by atoms with Gasteiger partial charge < -0.3 is 19.9 Å². The third-order valence-corrected chi connectivity index (χ3v) is 6.97. The average molecular weight is 574 g/mol. The SMILES string of the molecule is CCc1c(Nc2ncc(-c3ccc(CC(=O)Nc4cc(C5(C(F)(F)F)CC5)on4)c(F)c3)cn2)cnn1CCOC. The highest BCUT2D eigenvalue weighted by Gasteiger charge is 2.66. The first kappa shape index (κ1) is 28.2. The molecule has 216 valence electrons. The fourth-order valence-electron chi connectivity index (χ4n) is 4.51. The van der Waals surface area contributed by atoms with E-state index in [2.05, 4.69) is 30.9 Å². The van der Waals surface area contributed by atoms with Gasteiger partial charge in [-0.25, -0.2) is 14.4 Å². The number of hydrogen-bond acceptors (Lipinski definition) is 8. The van der Waals surface area contributed by atoms with Crippen LogP contribution in [0.2, 0.25) is 0 Å². The summed E-state index contributed by atoms with van der Waals surface area (Å²) in [5.74, 6) is -1.43. The van der Waals surface area contributed by atoms with Crippen molar-refractivity contribution in [1.82, 2.24) is 24.9 Å². The molecule has 1 saturated carbocycles. The van der Waals surface area contributed by atoms with Crippen LogP contribution in [0.25, 0.3) is 11.1 Å². The number of hydrogen-bond donors (Lipinski definition) is 2. The fourth-order valence-corrected chi connectivity index (χ4v) is 4.51. The Bertz CT molecular complexity index is 1530. The molecule has 14 heteroatoms. The van der Waals surface area contributed by atoms with E-state index in [4.69, 9.17) is 9.26 Å². The van der Waals surface area contributed by atoms with Gasteiger partial charge in [0.15, 0.2) is 11.6 Å². The van der Waals surface area contributed by atoms with Crippen molar-refractivity contribution in [1.29, 1.82) is 0 Å². The van der Waals surface area contributed by atoms with E-state index < -0.39 is 23.3 Å². The number of methoxy groups -OCH3 is 1. The minimum absolute atomic E-state index is 0.0956. The monoisotopic (exact) mass is 573 g/mol. The number of amides is 1. The van der Waals surface area contributed by atoms with Crippen LogP contribution >= 0.6 is 0 Å². The number of rotatable bonds is 11. The van der Waals surface area contributed by atoms with E-state index in [0.29, 0.717) is 30.2 Å². The zero-order valence-corrected chi connectivity index (χ0v) is 22.3. The molecule has 0 unspecified atom stereocenters. The summed E-state index contributed by atoms with van der Waals surface area (Å²) >= 11 is 0. The van der Waals surface area contributed by atoms with E-state index in [-0.39, 0.29) is 36.4 Å². The second-order valence-corrected chi connectivity index (χ2v) is 9.68. The molecule has 3 aromatic heterocycles. The van der Waals surface area contributed by atoms with Gasteiger partial charge in [-0.3, -0.25) is 9.48 Å². The second-order valence-electron chi connectivity index (χ2n) is 9.68. The quantitative estimate of drug-likeness (QED) is 0.235. The van der Waals surface area contributed by atoms with Crippen LogP contribution in [-0.4, -0.2) is 50.7 Å². The lowest BCUT2D eigenvalue weighted by molar-refractivity contribution is -0.165. The van der Waals surface area contributed by atoms with Crippen molar-refractivity contribution in [3.63, 3.8) is 0 Å². The molecule has 1 aliphatic rings. The lowest BCUT2D eigenvalue weighted by Gasteiger charge is -2.14. The van der Waals surface area contributed by atoms with Crippen LogP contribution in [0.15, 0.2) is 47.4 Å². The molecule has 1 amide bonds. The number of benzene rings is 1. The maximum atomic E-state index is 14.9. The highest BCUT2D eigenvalue weighted by molar-refractivity contribution is 5.91. The molecule has 2 N–H and O–H groups in total. The van der Waals surface area contributed by atoms with Gasteiger partial charge in [0, 0.05) is 31.1 Å². The van der Waals surface area contributed by atoms with E-state index in [1.54, 1.807) is 31.8 Å². The van der Waals surface area contributed by atoms with Crippen LogP contribution in [0.4, 0.5) is 35.0 Å². The molecule has 1 fully saturated rings. The summed E-state index contributed by atoms with van der Waals surface area (Å²) in [7, 11) is 1.63. The third-order valence-electron chi connectivity index (χ3n) is 6.97. The number of carbonyl (C=O) groups excluding carboxylic acids is 1. The molecule has 5 rings (SSSR count). The Morgan fingerprint density at radius 3 is 2.54 bits per heavy atom. The van der Waals surface area contributed by atoms with Gasteiger partial charge in [-0.05, 0) is 36.5 Å². The minimum atomic E-state index is -4.46. The van der Waals surface area contributed by atoms with Gasteiger partial charge in [0.25, 0.3) is 0 Å². The van der Waals surface area contributed by atoms with Crippen LogP contribution in [-0.2, 0) is 34.3 Å². The first-order valence-corrected chi connectivity index (χ1v) is 12.9. The fraction of sp³-hybridized carbons (Fsp3) is 0.370. The topological polar surface area (TPSA) is 120 Å². The van der Waals surface area contributed by atoms with Crippen molar-refractivity contribution in [3.05, 3.63) is 65.7 Å². The number of carbonyl (C=O) groups is 1. The largest absolute Gasteiger partial charge is 0.401 e. The molecule has 0 radical (unpaired) electrons. The summed E-state index contributed by atoms with van der Waals surface area (Å²) < 4.78 is 66.5. The van der Waals surface area contributed by atoms with Gasteiger partial charge in [-0.15, -0.1) is 0 Å². The van der Waals surface area contributed by atoms with E-state index in [0.717, 1.165) is 23.9 Å². The van der Waals surface area contributed by atoms with Crippen molar-refractivity contribution in [2.24, 2.45) is 0 Å². The highest BCUT2D eigenvalue weighted by atomic mass is 19.4. The minimum Gasteiger partial charge on any atom is -0.383 e. The molecule has 4 aromatic rings. The third kappa shape index (κ3) is 5.92. The van der Waals surface area contributed by atoms with Gasteiger partial charge in [0.05, 0.1) is 37.2 Å². The zero-order chi connectivity index (χ0) is 29.2. The Morgan fingerprint density at radius 1 is 1.15 bits per heavy atom. The first-order chi connectivity index (χ1) is 19.6. The van der Waals surface area contributed by atoms with Gasteiger partial charge in [0.1, 0.15) is 11.2 Å². The van der Waals surface area contributed by atoms with Crippen LogP contribution < -0.4 is 10.6 Å². The van der Waals surface area contributed by atoms with E-state index in [1.165, 1.54) is 12.1 Å². The molecule has 10 nitrogen and oxygen atoms in total. The highest BCUT2D eigenvalue weighted by Crippen LogP contribution is 2.59. The molecule has 0 saturated heterocycles. The van der Waals surface area contributed by atoms with Crippen LogP contribution in [0.5, 0.6) is 0 Å². The van der Waals surface area contributed by atoms with E-state index in [9.17, 15) is 22.4 Å². The van der Waals surface area contributed by atoms with Gasteiger partial charge in [-0.2, -0.15) is 18.3 Å². The number of nitrogens with one attached hydrogen (secondary N) is 2. The molecule has 41 heavy (non-hydrogen) atoms. The standard InChI is InChI=1S/C27H27F4N7O3/c1-3-21-20(15-34-38(21)8-9-40-2)35-25-32-13-18(14-33-25)16-4-5-17(19(28)10-16)11-24(39)36-23-12-22(41-37-23)26(6-7-26)27(29,30)31/h4-5,10,12-15H,3,6-9,11H2,1-2H3,(H,32,33,35)(H,36,37,39). The van der Waals surface area contributed by atoms with E-state index >= 15 is 0 Å². The number of halogens is 4. The van der Waals surface area contributed by atoms with Crippen molar-refractivity contribution in [2.45, 2.75) is 50.7 Å². The number of aromatic nitrogens is 5. The summed E-state index contributed by atoms with van der Waals surface area (Å²) in [6, 6.07) is 5.40. The predicted molar refractivity (Wildman–Crippen MR) is 140 cm³/mol. The zero-order valence-electron chi connectivity index (χ0n) is 22.3. The number of alkyl halides is 3. The molecule has 1 aliphatic carbocycles. The van der Waals surface area contributed by atoms with Crippen LogP contribution in [0.3, 0.4) is 0 Å². The van der Waals surface area contributed by atoms with Crippen molar-refractivity contribution >= 4 is 23.4 Å². The summed E-state index contributed by atoms with van der Waals surface area (Å²) in [4.78, 5) is 21.1. The van der Waals surface area contributed by atoms with E-state index in [1.807, 2.05) is 11.6 Å². The molecule has 0 atom stereocenters. The summed E-state index contributed by atoms with van der Waals surface area (Å²) in [6.45, 7) is 3.17. The second kappa shape index (κ2) is 11.3. The lowest BCUT2D eigenvalue weighted by Crippen LogP contribution is -2.28. The van der Waals surface area contributed by atoms with Gasteiger partial charge >= 0.3 is 6.18 Å². The van der Waals surface area contributed by atoms with Crippen LogP contribution in [0.1, 0.15) is 36.8 Å². The molecule has 0 spiro atoms. The Balaban J connectivity index is 1.20. The Morgan fingerprint density at radius 2 is 1.90 bits per heavy atom. The van der Waals surface area contributed by atoms with Gasteiger partial charge in [-0.1, -0.05) is 24.2 Å². The molecule has 0 aliphatic heterocycles. The molecule has 3 heterocycles. The van der Waals surface area contributed by atoms with Crippen molar-refractivity contribution in [3.8, 4) is 11.1 Å². The average Bonchev–Trinajstić information content (AvgIpc) is 3.50. The Kier molecular flexibility index (Phi) is 7.76. The summed E-state index contributed by atoms with van der Waals surface area (Å²) in [5.41, 5.74) is 0.872. The Labute approximate surface area is 232 Å². The smallest absolute Gasteiger partial charge is 0.383 e. The summed E-state index contributed by atoms with van der Waals surface area (Å²) in [5, 5.41) is 13.4. The van der Waals surface area contributed by atoms with Crippen LogP contribution in [0, 0.1) is 5.82 Å². The lowest BCUT2D eigenvalue weighted by atomic mass is 10.0. The first-order valence-electron chi connectivity index (χ1n) is 12.9.